The summed E-state index contributed by atoms with van der Waals surface area (Å²) in [6, 6.07) is 0. The van der Waals surface area contributed by atoms with Crippen LogP contribution >= 0.6 is 0 Å². The molecule has 0 atom stereocenters. The number of hydrogen-bond donors (Lipinski definition) is 2. The topological polar surface area (TPSA) is 116 Å². The van der Waals surface area contributed by atoms with Crippen molar-refractivity contribution in [3.8, 4) is 5.88 Å². The van der Waals surface area contributed by atoms with Crippen LogP contribution in [0.4, 0.5) is 24.7 Å². The van der Waals surface area contributed by atoms with Crippen LogP contribution in [-0.2, 0) is 0 Å². The number of nitrogens with one attached hydrogen (secondary N) is 1. The number of nitro groups is 1. The summed E-state index contributed by atoms with van der Waals surface area (Å²) in [5.41, 5.74) is 0.999. The number of alkyl halides is 3. The lowest BCUT2D eigenvalue weighted by atomic mass is 10.4. The van der Waals surface area contributed by atoms with Crippen molar-refractivity contribution in [3.63, 3.8) is 0 Å². The van der Waals surface area contributed by atoms with Crippen molar-refractivity contribution in [1.82, 2.24) is 9.97 Å². The molecule has 1 heterocycles. The highest BCUT2D eigenvalue weighted by atomic mass is 19.4. The summed E-state index contributed by atoms with van der Waals surface area (Å²) >= 11 is 0. The lowest BCUT2D eigenvalue weighted by Gasteiger charge is -2.09. The Balaban J connectivity index is 3.02. The van der Waals surface area contributed by atoms with Crippen molar-refractivity contribution >= 4 is 11.5 Å². The van der Waals surface area contributed by atoms with Crippen LogP contribution in [0.2, 0.25) is 0 Å². The van der Waals surface area contributed by atoms with Gasteiger partial charge in [0.05, 0.1) is 4.92 Å². The number of aromatic nitrogens is 2. The second-order valence-electron chi connectivity index (χ2n) is 2.68. The number of nitrogens with two attached hydrogens (primary N) is 1. The van der Waals surface area contributed by atoms with Gasteiger partial charge in [-0.05, 0) is 0 Å². The molecule has 11 heteroatoms. The molecule has 0 aliphatic rings. The fourth-order valence-corrected chi connectivity index (χ4v) is 0.889. The molecule has 0 amide bonds. The molecule has 0 unspecified atom stereocenters. The third-order valence-corrected chi connectivity index (χ3v) is 1.48. The highest BCUT2D eigenvalue weighted by molar-refractivity contribution is 5.60. The lowest BCUT2D eigenvalue weighted by Crippen LogP contribution is -2.21. The van der Waals surface area contributed by atoms with Gasteiger partial charge in [-0.3, -0.25) is 10.1 Å². The minimum absolute atomic E-state index is 0.442. The van der Waals surface area contributed by atoms with Crippen LogP contribution in [0.1, 0.15) is 0 Å². The largest absolute Gasteiger partial charge is 0.463 e. The highest BCUT2D eigenvalue weighted by Crippen LogP contribution is 2.31. The molecule has 0 aliphatic carbocycles. The van der Waals surface area contributed by atoms with E-state index in [0.717, 1.165) is 6.33 Å². The minimum atomic E-state index is -4.63. The average molecular weight is 253 g/mol. The number of rotatable bonds is 4. The third-order valence-electron chi connectivity index (χ3n) is 1.48. The zero-order valence-electron chi connectivity index (χ0n) is 8.06. The monoisotopic (exact) mass is 253 g/mol. The van der Waals surface area contributed by atoms with Crippen LogP contribution in [0.25, 0.3) is 0 Å². The molecule has 0 aliphatic heterocycles. The predicted molar refractivity (Wildman–Crippen MR) is 48.0 cm³/mol. The van der Waals surface area contributed by atoms with E-state index in [1.165, 1.54) is 0 Å². The van der Waals surface area contributed by atoms with Crippen LogP contribution in [0.15, 0.2) is 6.33 Å². The fraction of sp³-hybridized carbons (Fsp3) is 0.333. The van der Waals surface area contributed by atoms with Crippen molar-refractivity contribution in [3.05, 3.63) is 16.4 Å². The van der Waals surface area contributed by atoms with Crippen molar-refractivity contribution in [1.29, 1.82) is 0 Å². The Labute approximate surface area is 91.7 Å². The Morgan fingerprint density at radius 3 is 2.65 bits per heavy atom. The van der Waals surface area contributed by atoms with Gasteiger partial charge in [0.1, 0.15) is 6.33 Å². The van der Waals surface area contributed by atoms with Gasteiger partial charge >= 0.3 is 11.9 Å². The Kier molecular flexibility index (Phi) is 3.62. The second-order valence-corrected chi connectivity index (χ2v) is 2.68. The molecular weight excluding hydrogens is 247 g/mol. The molecule has 0 radical (unpaired) electrons. The number of halogens is 3. The van der Waals surface area contributed by atoms with E-state index in [-0.39, 0.29) is 0 Å². The number of hydrazine groups is 1. The predicted octanol–water partition coefficient (Wildman–Crippen LogP) is 0.611. The Bertz CT molecular complexity index is 424. The van der Waals surface area contributed by atoms with E-state index in [1.54, 1.807) is 0 Å². The maximum absolute atomic E-state index is 11.9. The SMILES string of the molecule is NNc1ncnc(OCC(F)(F)F)c1[N+](=O)[O-]. The van der Waals surface area contributed by atoms with Gasteiger partial charge in [0.15, 0.2) is 6.61 Å². The number of nitrogen functional groups attached to an aromatic ring is 1. The van der Waals surface area contributed by atoms with Crippen molar-refractivity contribution < 1.29 is 22.8 Å². The van der Waals surface area contributed by atoms with Gasteiger partial charge in [-0.1, -0.05) is 0 Å². The number of anilines is 1. The van der Waals surface area contributed by atoms with E-state index in [1.807, 2.05) is 5.43 Å². The Morgan fingerprint density at radius 2 is 2.18 bits per heavy atom. The van der Waals surface area contributed by atoms with E-state index in [9.17, 15) is 23.3 Å². The van der Waals surface area contributed by atoms with Gasteiger partial charge < -0.3 is 10.2 Å². The molecule has 0 saturated heterocycles. The summed E-state index contributed by atoms with van der Waals surface area (Å²) in [6.45, 7) is -1.70. The first kappa shape index (κ1) is 12.9. The van der Waals surface area contributed by atoms with E-state index in [0.29, 0.717) is 0 Å². The fourth-order valence-electron chi connectivity index (χ4n) is 0.889. The van der Waals surface area contributed by atoms with Gasteiger partial charge in [-0.2, -0.15) is 18.2 Å². The molecule has 1 rings (SSSR count). The molecule has 0 aromatic carbocycles. The molecule has 1 aromatic heterocycles. The lowest BCUT2D eigenvalue weighted by molar-refractivity contribution is -0.385. The van der Waals surface area contributed by atoms with Crippen LogP contribution in [-0.4, -0.2) is 27.7 Å². The Hall–Kier alpha value is -2.17. The van der Waals surface area contributed by atoms with Crippen LogP contribution < -0.4 is 16.0 Å². The summed E-state index contributed by atoms with van der Waals surface area (Å²) < 4.78 is 39.8. The van der Waals surface area contributed by atoms with Gasteiger partial charge in [0, 0.05) is 0 Å². The summed E-state index contributed by atoms with van der Waals surface area (Å²) in [4.78, 5) is 16.2. The first-order valence-corrected chi connectivity index (χ1v) is 4.00. The molecule has 94 valence electrons. The molecule has 8 nitrogen and oxygen atoms in total. The van der Waals surface area contributed by atoms with Gasteiger partial charge in [-0.25, -0.2) is 10.8 Å². The van der Waals surface area contributed by atoms with Crippen molar-refractivity contribution in [2.45, 2.75) is 6.18 Å². The van der Waals surface area contributed by atoms with Crippen LogP contribution in [0.3, 0.4) is 0 Å². The third kappa shape index (κ3) is 3.41. The van der Waals surface area contributed by atoms with E-state index >= 15 is 0 Å². The molecule has 0 bridgehead atoms. The second kappa shape index (κ2) is 4.78. The van der Waals surface area contributed by atoms with Gasteiger partial charge in [0.2, 0.25) is 5.82 Å². The maximum Gasteiger partial charge on any atom is 0.422 e. The smallest absolute Gasteiger partial charge is 0.422 e. The molecule has 1 aromatic rings. The van der Waals surface area contributed by atoms with E-state index in [2.05, 4.69) is 14.7 Å². The summed E-state index contributed by atoms with van der Waals surface area (Å²) in [6.07, 6.45) is -3.84. The average Bonchev–Trinajstić information content (AvgIpc) is 2.24. The van der Waals surface area contributed by atoms with E-state index < -0.39 is 35.1 Å². The molecule has 0 saturated carbocycles. The van der Waals surface area contributed by atoms with Crippen LogP contribution in [0.5, 0.6) is 5.88 Å². The summed E-state index contributed by atoms with van der Waals surface area (Å²) in [5, 5.41) is 10.6. The van der Waals surface area contributed by atoms with Gasteiger partial charge in [0.25, 0.3) is 5.88 Å². The van der Waals surface area contributed by atoms with E-state index in [4.69, 9.17) is 5.84 Å². The normalized spacial score (nSPS) is 11.1. The standard InChI is InChI=1S/C6H6F3N5O3/c7-6(8,9)1-17-5-3(14(15)16)4(13-10)11-2-12-5/h2H,1,10H2,(H,11,12,13). The van der Waals surface area contributed by atoms with Crippen molar-refractivity contribution in [2.75, 3.05) is 12.0 Å². The number of hydrogen-bond acceptors (Lipinski definition) is 7. The van der Waals surface area contributed by atoms with Crippen LogP contribution in [0, 0.1) is 10.1 Å². The highest BCUT2D eigenvalue weighted by Gasteiger charge is 2.32. The van der Waals surface area contributed by atoms with Crippen molar-refractivity contribution in [2.24, 2.45) is 5.84 Å². The zero-order valence-corrected chi connectivity index (χ0v) is 8.06. The first-order chi connectivity index (χ1) is 7.85. The minimum Gasteiger partial charge on any atom is -0.463 e. The summed E-state index contributed by atoms with van der Waals surface area (Å²) in [7, 11) is 0. The zero-order chi connectivity index (χ0) is 13.1. The number of nitrogens with zero attached hydrogens (tertiary/aromatic N) is 3. The molecule has 17 heavy (non-hydrogen) atoms. The first-order valence-electron chi connectivity index (χ1n) is 4.00. The molecule has 3 N–H and O–H groups in total. The summed E-state index contributed by atoms with van der Waals surface area (Å²) in [5.74, 6) is 3.66. The molecule has 0 spiro atoms. The maximum atomic E-state index is 11.9. The number of ether oxygens (including phenoxy) is 1. The quantitative estimate of drug-likeness (QED) is 0.458. The Morgan fingerprint density at radius 1 is 1.53 bits per heavy atom. The van der Waals surface area contributed by atoms with Gasteiger partial charge in [-0.15, -0.1) is 0 Å². The molecular formula is C6H6F3N5O3. The molecule has 0 fully saturated rings.